The van der Waals surface area contributed by atoms with E-state index in [1.165, 1.54) is 0 Å². The van der Waals surface area contributed by atoms with Gasteiger partial charge in [0.1, 0.15) is 18.1 Å². The Morgan fingerprint density at radius 1 is 0.857 bits per heavy atom. The fraction of sp³-hybridized carbons (Fsp3) is 0.500. The van der Waals surface area contributed by atoms with Gasteiger partial charge in [-0.1, -0.05) is 36.9 Å². The molecule has 0 fully saturated rings. The second-order valence-electron chi connectivity index (χ2n) is 10.7. The Balaban J connectivity index is 2.86. The Morgan fingerprint density at radius 3 is 2.02 bits per heavy atom. The number of nitrogens with zero attached hydrogens (tertiary/aromatic N) is 1. The van der Waals surface area contributed by atoms with Gasteiger partial charge in [0, 0.05) is 6.42 Å². The summed E-state index contributed by atoms with van der Waals surface area (Å²) in [6.45, 7) is 2.38. The van der Waals surface area contributed by atoms with Crippen molar-refractivity contribution in [3.63, 3.8) is 0 Å². The van der Waals surface area contributed by atoms with Crippen LogP contribution in [0, 0.1) is 0 Å². The molecule has 3 atom stereocenters. The van der Waals surface area contributed by atoms with Gasteiger partial charge < -0.3 is 41.9 Å². The highest BCUT2D eigenvalue weighted by molar-refractivity contribution is 5.95. The summed E-state index contributed by atoms with van der Waals surface area (Å²) in [5.74, 6) is -4.21. The van der Waals surface area contributed by atoms with Crippen LogP contribution >= 0.6 is 0 Å². The number of unbranched alkanes of at least 4 members (excludes halogenated alkanes) is 1. The molecule has 0 saturated heterocycles. The third-order valence-corrected chi connectivity index (χ3v) is 6.04. The standard InChI is InChI=1S/C28H43N7O7/c1-5-23(37)30-16-24(38)31-17-25(39)32-22(18-36)28(42)33-20(13-9-10-14-35(2,3)4)27(41)34-21(26(29)40)15-19-11-7-6-8-12-19/h5-8,11-12,20-22,36H,1,9-10,13-18H2,2-4H3,(H6-,29,30,31,32,33,34,37,38,39,40,41,42)/p+1/t20?,21-,22-/m0/s1. The SMILES string of the molecule is C=CC(=O)NCC(=O)NCC(=O)N[C@@H](CO)C(=O)NC(CCCC[N+](C)(C)C)C(=O)N[C@@H](Cc1ccccc1)C(N)=O. The van der Waals surface area contributed by atoms with Gasteiger partial charge in [-0.05, 0) is 30.9 Å². The van der Waals surface area contributed by atoms with Crippen LogP contribution in [-0.4, -0.2) is 111 Å². The zero-order chi connectivity index (χ0) is 31.7. The molecule has 14 nitrogen and oxygen atoms in total. The fourth-order valence-corrected chi connectivity index (χ4v) is 3.74. The van der Waals surface area contributed by atoms with Crippen LogP contribution in [0.5, 0.6) is 0 Å². The first-order valence-electron chi connectivity index (χ1n) is 13.6. The van der Waals surface area contributed by atoms with E-state index in [0.717, 1.165) is 24.6 Å². The molecule has 0 aromatic heterocycles. The van der Waals surface area contributed by atoms with Gasteiger partial charge >= 0.3 is 0 Å². The van der Waals surface area contributed by atoms with Gasteiger partial charge in [-0.15, -0.1) is 0 Å². The lowest BCUT2D eigenvalue weighted by molar-refractivity contribution is -0.870. The first kappa shape index (κ1) is 35.7. The Kier molecular flexibility index (Phi) is 15.5. The van der Waals surface area contributed by atoms with Crippen molar-refractivity contribution in [1.82, 2.24) is 26.6 Å². The molecule has 232 valence electrons. The van der Waals surface area contributed by atoms with Gasteiger partial charge in [-0.3, -0.25) is 28.8 Å². The average Bonchev–Trinajstić information content (AvgIpc) is 2.94. The van der Waals surface area contributed by atoms with Gasteiger partial charge in [-0.2, -0.15) is 0 Å². The van der Waals surface area contributed by atoms with Gasteiger partial charge in [-0.25, -0.2) is 0 Å². The molecule has 1 rings (SSSR count). The number of hydrogen-bond donors (Lipinski definition) is 7. The number of aliphatic hydroxyl groups excluding tert-OH is 1. The number of nitrogens with one attached hydrogen (secondary N) is 5. The molecule has 0 bridgehead atoms. The lowest BCUT2D eigenvalue weighted by Crippen LogP contribution is -2.58. The van der Waals surface area contributed by atoms with Gasteiger partial charge in [0.2, 0.25) is 35.4 Å². The summed E-state index contributed by atoms with van der Waals surface area (Å²) in [5, 5.41) is 21.7. The molecular formula is C28H44N7O7+. The van der Waals surface area contributed by atoms with E-state index < -0.39 is 66.7 Å². The minimum atomic E-state index is -1.42. The van der Waals surface area contributed by atoms with Crippen LogP contribution in [0.4, 0.5) is 0 Å². The van der Waals surface area contributed by atoms with Crippen molar-refractivity contribution in [3.05, 3.63) is 48.6 Å². The number of rotatable bonds is 19. The van der Waals surface area contributed by atoms with Crippen LogP contribution in [-0.2, 0) is 35.2 Å². The number of aliphatic hydroxyl groups is 1. The molecule has 1 aromatic rings. The predicted octanol–water partition coefficient (Wildman–Crippen LogP) is -2.54. The number of hydrogen-bond acceptors (Lipinski definition) is 7. The molecule has 0 aliphatic heterocycles. The zero-order valence-electron chi connectivity index (χ0n) is 24.5. The number of nitrogens with two attached hydrogens (primary N) is 1. The summed E-state index contributed by atoms with van der Waals surface area (Å²) in [5.41, 5.74) is 6.32. The molecule has 0 aliphatic carbocycles. The van der Waals surface area contributed by atoms with Crippen molar-refractivity contribution in [2.24, 2.45) is 5.73 Å². The van der Waals surface area contributed by atoms with Gasteiger partial charge in [0.05, 0.1) is 47.4 Å². The molecule has 8 N–H and O–H groups in total. The number of amides is 6. The van der Waals surface area contributed by atoms with E-state index in [9.17, 15) is 33.9 Å². The molecule has 14 heteroatoms. The number of benzene rings is 1. The van der Waals surface area contributed by atoms with E-state index in [2.05, 4.69) is 33.2 Å². The van der Waals surface area contributed by atoms with Gasteiger partial charge in [0.25, 0.3) is 0 Å². The molecule has 42 heavy (non-hydrogen) atoms. The van der Waals surface area contributed by atoms with E-state index in [1.807, 2.05) is 27.2 Å². The van der Waals surface area contributed by atoms with Crippen LogP contribution in [0.25, 0.3) is 0 Å². The highest BCUT2D eigenvalue weighted by atomic mass is 16.3. The Bertz CT molecular complexity index is 1090. The summed E-state index contributed by atoms with van der Waals surface area (Å²) in [6.07, 6.45) is 2.69. The van der Waals surface area contributed by atoms with Gasteiger partial charge in [0.15, 0.2) is 0 Å². The molecular weight excluding hydrogens is 546 g/mol. The normalized spacial score (nSPS) is 13.0. The van der Waals surface area contributed by atoms with E-state index >= 15 is 0 Å². The van der Waals surface area contributed by atoms with E-state index in [1.54, 1.807) is 24.3 Å². The minimum absolute atomic E-state index is 0.155. The third-order valence-electron chi connectivity index (χ3n) is 6.04. The van der Waals surface area contributed by atoms with Crippen molar-refractivity contribution in [2.75, 3.05) is 47.4 Å². The molecule has 0 aliphatic rings. The summed E-state index contributed by atoms with van der Waals surface area (Å²) >= 11 is 0. The summed E-state index contributed by atoms with van der Waals surface area (Å²) in [4.78, 5) is 73.5. The maximum Gasteiger partial charge on any atom is 0.245 e. The van der Waals surface area contributed by atoms with Crippen LogP contribution in [0.15, 0.2) is 43.0 Å². The molecule has 6 amide bonds. The number of primary amides is 1. The topological polar surface area (TPSA) is 209 Å². The van der Waals surface area contributed by atoms with E-state index in [0.29, 0.717) is 10.9 Å². The molecule has 1 aromatic carbocycles. The second-order valence-corrected chi connectivity index (χ2v) is 10.7. The van der Waals surface area contributed by atoms with Crippen LogP contribution in [0.3, 0.4) is 0 Å². The van der Waals surface area contributed by atoms with Crippen LogP contribution in [0.2, 0.25) is 0 Å². The number of carbonyl (C=O) groups is 6. The Morgan fingerprint density at radius 2 is 1.45 bits per heavy atom. The zero-order valence-corrected chi connectivity index (χ0v) is 24.5. The lowest BCUT2D eigenvalue weighted by Gasteiger charge is -2.26. The van der Waals surface area contributed by atoms with Crippen molar-refractivity contribution in [2.45, 2.75) is 43.8 Å². The largest absolute Gasteiger partial charge is 0.394 e. The number of carbonyl (C=O) groups excluding carboxylic acids is 6. The number of quaternary nitrogens is 1. The average molecular weight is 591 g/mol. The van der Waals surface area contributed by atoms with E-state index in [-0.39, 0.29) is 19.4 Å². The maximum absolute atomic E-state index is 13.2. The lowest BCUT2D eigenvalue weighted by atomic mass is 10.0. The van der Waals surface area contributed by atoms with Crippen molar-refractivity contribution >= 4 is 35.4 Å². The van der Waals surface area contributed by atoms with Crippen LogP contribution < -0.4 is 32.3 Å². The monoisotopic (exact) mass is 590 g/mol. The Labute approximate surface area is 246 Å². The first-order valence-corrected chi connectivity index (χ1v) is 13.6. The smallest absolute Gasteiger partial charge is 0.245 e. The second kappa shape index (κ2) is 18.2. The summed E-state index contributed by atoms with van der Waals surface area (Å²) in [7, 11) is 6.09. The third kappa shape index (κ3) is 14.9. The summed E-state index contributed by atoms with van der Waals surface area (Å²) < 4.78 is 0.708. The fourth-order valence-electron chi connectivity index (χ4n) is 3.74. The molecule has 0 saturated carbocycles. The van der Waals surface area contributed by atoms with Crippen molar-refractivity contribution in [3.8, 4) is 0 Å². The quantitative estimate of drug-likeness (QED) is 0.0521. The highest BCUT2D eigenvalue weighted by Gasteiger charge is 2.29. The molecule has 1 unspecified atom stereocenters. The minimum Gasteiger partial charge on any atom is -0.394 e. The Hall–Kier alpha value is -4.30. The molecule has 0 spiro atoms. The maximum atomic E-state index is 13.2. The predicted molar refractivity (Wildman–Crippen MR) is 155 cm³/mol. The molecule has 0 heterocycles. The van der Waals surface area contributed by atoms with E-state index in [4.69, 9.17) is 5.73 Å². The summed E-state index contributed by atoms with van der Waals surface area (Å²) in [6, 6.07) is 5.45. The van der Waals surface area contributed by atoms with Crippen molar-refractivity contribution in [1.29, 1.82) is 0 Å². The first-order chi connectivity index (χ1) is 19.7. The highest BCUT2D eigenvalue weighted by Crippen LogP contribution is 2.08. The molecule has 0 radical (unpaired) electrons. The van der Waals surface area contributed by atoms with Crippen LogP contribution in [0.1, 0.15) is 24.8 Å². The van der Waals surface area contributed by atoms with Crippen molar-refractivity contribution < 1.29 is 38.4 Å².